The highest BCUT2D eigenvalue weighted by Crippen LogP contribution is 2.25. The largest absolute Gasteiger partial charge is 0.298 e. The van der Waals surface area contributed by atoms with Crippen LogP contribution in [0, 0.1) is 6.92 Å². The zero-order chi connectivity index (χ0) is 13.5. The van der Waals surface area contributed by atoms with Crippen molar-refractivity contribution in [1.82, 2.24) is 9.21 Å². The fourth-order valence-corrected chi connectivity index (χ4v) is 4.51. The van der Waals surface area contributed by atoms with Gasteiger partial charge in [0, 0.05) is 25.7 Å². The van der Waals surface area contributed by atoms with Crippen LogP contribution in [0.1, 0.15) is 18.4 Å². The normalized spacial score (nSPS) is 25.4. The van der Waals surface area contributed by atoms with Gasteiger partial charge in [-0.15, -0.1) is 0 Å². The molecule has 19 heavy (non-hydrogen) atoms. The molecule has 1 atom stereocenters. The summed E-state index contributed by atoms with van der Waals surface area (Å²) in [5.41, 5.74) is 1.08. The Morgan fingerprint density at radius 1 is 1.11 bits per heavy atom. The van der Waals surface area contributed by atoms with Crippen molar-refractivity contribution < 1.29 is 8.42 Å². The van der Waals surface area contributed by atoms with E-state index in [9.17, 15) is 8.42 Å². The second-order valence-electron chi connectivity index (χ2n) is 5.51. The van der Waals surface area contributed by atoms with E-state index in [0.29, 0.717) is 24.0 Å². The number of aryl methyl sites for hydroxylation is 1. The van der Waals surface area contributed by atoms with E-state index >= 15 is 0 Å². The molecule has 0 spiro atoms. The number of rotatable bonds is 2. The predicted molar refractivity (Wildman–Crippen MR) is 74.5 cm³/mol. The van der Waals surface area contributed by atoms with Crippen molar-refractivity contribution in [2.45, 2.75) is 30.7 Å². The van der Waals surface area contributed by atoms with E-state index in [-0.39, 0.29) is 0 Å². The molecule has 0 radical (unpaired) electrons. The summed E-state index contributed by atoms with van der Waals surface area (Å²) >= 11 is 0. The van der Waals surface area contributed by atoms with Crippen LogP contribution in [0.15, 0.2) is 29.2 Å². The van der Waals surface area contributed by atoms with Gasteiger partial charge >= 0.3 is 0 Å². The Morgan fingerprint density at radius 3 is 2.58 bits per heavy atom. The summed E-state index contributed by atoms with van der Waals surface area (Å²) in [5, 5.41) is 0. The summed E-state index contributed by atoms with van der Waals surface area (Å²) in [6.45, 7) is 5.23. The summed E-state index contributed by atoms with van der Waals surface area (Å²) in [6.07, 6.45) is 2.32. The number of hydrogen-bond acceptors (Lipinski definition) is 3. The number of fused-ring (bicyclic) bond motifs is 1. The first-order chi connectivity index (χ1) is 9.07. The molecular formula is C14H20N2O2S. The molecule has 5 heteroatoms. The van der Waals surface area contributed by atoms with Crippen LogP contribution in [0.5, 0.6) is 0 Å². The van der Waals surface area contributed by atoms with Crippen LogP contribution in [0.4, 0.5) is 0 Å². The molecule has 2 aliphatic rings. The van der Waals surface area contributed by atoms with Crippen molar-refractivity contribution in [3.8, 4) is 0 Å². The van der Waals surface area contributed by atoms with Crippen molar-refractivity contribution in [3.63, 3.8) is 0 Å². The fourth-order valence-electron chi connectivity index (χ4n) is 3.04. The number of sulfonamides is 1. The zero-order valence-corrected chi connectivity index (χ0v) is 12.1. The van der Waals surface area contributed by atoms with Crippen LogP contribution in [0.3, 0.4) is 0 Å². The van der Waals surface area contributed by atoms with E-state index in [1.165, 1.54) is 6.42 Å². The van der Waals surface area contributed by atoms with Crippen LogP contribution in [0.2, 0.25) is 0 Å². The Bertz CT molecular complexity index is 553. The highest BCUT2D eigenvalue weighted by molar-refractivity contribution is 7.89. The second kappa shape index (κ2) is 4.89. The van der Waals surface area contributed by atoms with E-state index in [0.717, 1.165) is 25.1 Å². The summed E-state index contributed by atoms with van der Waals surface area (Å²) in [4.78, 5) is 2.84. The van der Waals surface area contributed by atoms with Crippen molar-refractivity contribution in [1.29, 1.82) is 0 Å². The number of nitrogens with zero attached hydrogens (tertiary/aromatic N) is 2. The second-order valence-corrected chi connectivity index (χ2v) is 7.45. The fraction of sp³-hybridized carbons (Fsp3) is 0.571. The molecule has 4 nitrogen and oxygen atoms in total. The molecule has 0 aliphatic carbocycles. The molecule has 104 valence electrons. The Morgan fingerprint density at radius 2 is 1.84 bits per heavy atom. The van der Waals surface area contributed by atoms with E-state index in [2.05, 4.69) is 4.90 Å². The summed E-state index contributed by atoms with van der Waals surface area (Å²) in [7, 11) is -3.31. The van der Waals surface area contributed by atoms with Gasteiger partial charge in [-0.25, -0.2) is 8.42 Å². The molecule has 0 amide bonds. The first kappa shape index (κ1) is 13.1. The lowest BCUT2D eigenvalue weighted by Crippen LogP contribution is -2.51. The van der Waals surface area contributed by atoms with Gasteiger partial charge in [0.2, 0.25) is 10.0 Å². The molecule has 0 bridgehead atoms. The lowest BCUT2D eigenvalue weighted by Gasteiger charge is -2.36. The summed E-state index contributed by atoms with van der Waals surface area (Å²) in [6, 6.07) is 7.57. The molecular weight excluding hydrogens is 260 g/mol. The molecule has 2 heterocycles. The number of hydrogen-bond donors (Lipinski definition) is 0. The monoisotopic (exact) mass is 280 g/mol. The average Bonchev–Trinajstić information content (AvgIpc) is 2.86. The van der Waals surface area contributed by atoms with Crippen LogP contribution < -0.4 is 0 Å². The van der Waals surface area contributed by atoms with Crippen molar-refractivity contribution in [2.24, 2.45) is 0 Å². The van der Waals surface area contributed by atoms with Gasteiger partial charge in [-0.3, -0.25) is 4.90 Å². The molecule has 1 aromatic rings. The van der Waals surface area contributed by atoms with E-state index < -0.39 is 10.0 Å². The third kappa shape index (κ3) is 2.42. The predicted octanol–water partition coefficient (Wildman–Crippen LogP) is 1.46. The lowest BCUT2D eigenvalue weighted by molar-refractivity contribution is 0.158. The van der Waals surface area contributed by atoms with Crippen molar-refractivity contribution >= 4 is 10.0 Å². The molecule has 0 aromatic heterocycles. The van der Waals surface area contributed by atoms with Gasteiger partial charge in [-0.1, -0.05) is 17.7 Å². The van der Waals surface area contributed by atoms with Gasteiger partial charge < -0.3 is 0 Å². The van der Waals surface area contributed by atoms with Gasteiger partial charge in [-0.2, -0.15) is 4.31 Å². The Hall–Kier alpha value is -0.910. The molecule has 2 aliphatic heterocycles. The first-order valence-electron chi connectivity index (χ1n) is 6.88. The Labute approximate surface area is 115 Å². The minimum Gasteiger partial charge on any atom is -0.298 e. The summed E-state index contributed by atoms with van der Waals surface area (Å²) in [5.74, 6) is 0. The van der Waals surface area contributed by atoms with E-state index in [4.69, 9.17) is 0 Å². The smallest absolute Gasteiger partial charge is 0.243 e. The minimum absolute atomic E-state index is 0.421. The summed E-state index contributed by atoms with van der Waals surface area (Å²) < 4.78 is 26.8. The van der Waals surface area contributed by atoms with E-state index in [1.807, 2.05) is 19.1 Å². The Kier molecular flexibility index (Phi) is 3.37. The van der Waals surface area contributed by atoms with Gasteiger partial charge in [0.1, 0.15) is 0 Å². The molecule has 2 fully saturated rings. The lowest BCUT2D eigenvalue weighted by atomic mass is 10.2. The third-order valence-corrected chi connectivity index (χ3v) is 6.09. The number of benzene rings is 1. The Balaban J connectivity index is 1.82. The van der Waals surface area contributed by atoms with Gasteiger partial charge in [-0.05, 0) is 38.4 Å². The SMILES string of the molecule is Cc1ccc(S(=O)(=O)N2CCN3CCC[C@@H]3C2)cc1. The molecule has 0 unspecified atom stereocenters. The van der Waals surface area contributed by atoms with Gasteiger partial charge in [0.05, 0.1) is 4.90 Å². The quantitative estimate of drug-likeness (QED) is 0.823. The van der Waals surface area contributed by atoms with E-state index in [1.54, 1.807) is 16.4 Å². The van der Waals surface area contributed by atoms with Crippen molar-refractivity contribution in [3.05, 3.63) is 29.8 Å². The first-order valence-corrected chi connectivity index (χ1v) is 8.32. The maximum Gasteiger partial charge on any atom is 0.243 e. The zero-order valence-electron chi connectivity index (χ0n) is 11.2. The van der Waals surface area contributed by atoms with Crippen LogP contribution in [0.25, 0.3) is 0 Å². The van der Waals surface area contributed by atoms with Crippen LogP contribution in [-0.2, 0) is 10.0 Å². The molecule has 3 rings (SSSR count). The number of piperazine rings is 1. The standard InChI is InChI=1S/C14H20N2O2S/c1-12-4-6-14(7-5-12)19(17,18)16-10-9-15-8-2-3-13(15)11-16/h4-7,13H,2-3,8-11H2,1H3/t13-/m1/s1. The van der Waals surface area contributed by atoms with Gasteiger partial charge in [0.25, 0.3) is 0 Å². The molecule has 0 N–H and O–H groups in total. The highest BCUT2D eigenvalue weighted by Gasteiger charge is 2.36. The van der Waals surface area contributed by atoms with Crippen LogP contribution >= 0.6 is 0 Å². The maximum atomic E-state index is 12.6. The van der Waals surface area contributed by atoms with Gasteiger partial charge in [0.15, 0.2) is 0 Å². The minimum atomic E-state index is -3.31. The van der Waals surface area contributed by atoms with Crippen LogP contribution in [-0.4, -0.2) is 49.8 Å². The molecule has 1 aromatic carbocycles. The highest BCUT2D eigenvalue weighted by atomic mass is 32.2. The van der Waals surface area contributed by atoms with Crippen molar-refractivity contribution in [2.75, 3.05) is 26.2 Å². The topological polar surface area (TPSA) is 40.6 Å². The molecule has 0 saturated carbocycles. The maximum absolute atomic E-state index is 12.6. The third-order valence-electron chi connectivity index (χ3n) is 4.21. The molecule has 2 saturated heterocycles. The average molecular weight is 280 g/mol.